The molecule has 2 aliphatic heterocycles. The lowest BCUT2D eigenvalue weighted by atomic mass is 9.97. The van der Waals surface area contributed by atoms with Crippen LogP contribution in [0.2, 0.25) is 0 Å². The Labute approximate surface area is 140 Å². The number of carbonyl (C=O) groups is 2. The molecule has 3 aliphatic rings. The van der Waals surface area contributed by atoms with Crippen molar-refractivity contribution in [2.75, 3.05) is 39.8 Å². The number of piperazine rings is 1. The van der Waals surface area contributed by atoms with E-state index in [1.165, 1.54) is 0 Å². The van der Waals surface area contributed by atoms with E-state index in [4.69, 9.17) is 4.52 Å². The molecule has 0 radical (unpaired) electrons. The van der Waals surface area contributed by atoms with E-state index in [2.05, 4.69) is 15.0 Å². The summed E-state index contributed by atoms with van der Waals surface area (Å²) in [7, 11) is 2.02. The van der Waals surface area contributed by atoms with E-state index in [-0.39, 0.29) is 23.8 Å². The van der Waals surface area contributed by atoms with Gasteiger partial charge in [0.2, 0.25) is 17.7 Å². The SMILES string of the molecule is CC(=O)N1CC(C(=O)N2CCN(C)[C@H](c3nc(C4CC4)no3)C2)C1. The largest absolute Gasteiger partial charge is 0.341 e. The quantitative estimate of drug-likeness (QED) is 0.788. The van der Waals surface area contributed by atoms with E-state index in [0.717, 1.165) is 25.2 Å². The molecule has 24 heavy (non-hydrogen) atoms. The summed E-state index contributed by atoms with van der Waals surface area (Å²) < 4.78 is 5.46. The molecule has 8 nitrogen and oxygen atoms in total. The van der Waals surface area contributed by atoms with Crippen LogP contribution in [0.4, 0.5) is 0 Å². The second kappa shape index (κ2) is 5.84. The van der Waals surface area contributed by atoms with Crippen molar-refractivity contribution in [3.05, 3.63) is 11.7 Å². The van der Waals surface area contributed by atoms with Crippen molar-refractivity contribution in [3.63, 3.8) is 0 Å². The van der Waals surface area contributed by atoms with Crippen LogP contribution in [-0.2, 0) is 9.59 Å². The molecule has 4 rings (SSSR count). The third kappa shape index (κ3) is 2.79. The predicted molar refractivity (Wildman–Crippen MR) is 84.0 cm³/mol. The van der Waals surface area contributed by atoms with Gasteiger partial charge in [0.1, 0.15) is 6.04 Å². The van der Waals surface area contributed by atoms with E-state index in [1.807, 2.05) is 11.9 Å². The summed E-state index contributed by atoms with van der Waals surface area (Å²) >= 11 is 0. The smallest absolute Gasteiger partial charge is 0.245 e. The summed E-state index contributed by atoms with van der Waals surface area (Å²) in [5.41, 5.74) is 0. The molecular formula is C16H23N5O3. The molecule has 1 atom stereocenters. The van der Waals surface area contributed by atoms with Gasteiger partial charge in [-0.15, -0.1) is 0 Å². The molecule has 3 heterocycles. The van der Waals surface area contributed by atoms with Gasteiger partial charge in [0.05, 0.1) is 5.92 Å². The predicted octanol–water partition coefficient (Wildman–Crippen LogP) is 0.240. The molecule has 130 valence electrons. The Bertz CT molecular complexity index is 650. The number of aromatic nitrogens is 2. The average molecular weight is 333 g/mol. The van der Waals surface area contributed by atoms with Crippen LogP contribution in [0.15, 0.2) is 4.52 Å². The first-order valence-corrected chi connectivity index (χ1v) is 8.61. The maximum Gasteiger partial charge on any atom is 0.245 e. The number of hydrogen-bond acceptors (Lipinski definition) is 6. The fourth-order valence-electron chi connectivity index (χ4n) is 3.38. The minimum atomic E-state index is -0.0670. The van der Waals surface area contributed by atoms with Crippen LogP contribution in [0, 0.1) is 5.92 Å². The topological polar surface area (TPSA) is 82.8 Å². The molecule has 0 bridgehead atoms. The minimum Gasteiger partial charge on any atom is -0.341 e. The van der Waals surface area contributed by atoms with Crippen molar-refractivity contribution in [3.8, 4) is 0 Å². The number of carbonyl (C=O) groups excluding carboxylic acids is 2. The van der Waals surface area contributed by atoms with E-state index < -0.39 is 0 Å². The standard InChI is InChI=1S/C16H23N5O3/c1-10(22)21-7-12(8-21)16(23)20-6-5-19(2)13(9-20)15-17-14(18-24-15)11-3-4-11/h11-13H,3-9H2,1-2H3/t13-/m0/s1. The van der Waals surface area contributed by atoms with Crippen LogP contribution in [0.5, 0.6) is 0 Å². The first-order valence-electron chi connectivity index (χ1n) is 8.61. The molecule has 1 aromatic rings. The van der Waals surface area contributed by atoms with Gasteiger partial charge < -0.3 is 14.3 Å². The highest BCUT2D eigenvalue weighted by molar-refractivity contribution is 5.83. The Morgan fingerprint density at radius 1 is 1.12 bits per heavy atom. The van der Waals surface area contributed by atoms with E-state index >= 15 is 0 Å². The van der Waals surface area contributed by atoms with Crippen molar-refractivity contribution >= 4 is 11.8 Å². The van der Waals surface area contributed by atoms with E-state index in [0.29, 0.717) is 38.0 Å². The summed E-state index contributed by atoms with van der Waals surface area (Å²) in [4.78, 5) is 34.2. The number of amides is 2. The van der Waals surface area contributed by atoms with Gasteiger partial charge in [0.25, 0.3) is 0 Å². The molecule has 0 aromatic carbocycles. The molecule has 0 spiro atoms. The van der Waals surface area contributed by atoms with Crippen LogP contribution in [-0.4, -0.2) is 76.4 Å². The second-order valence-electron chi connectivity index (χ2n) is 7.17. The van der Waals surface area contributed by atoms with Gasteiger partial charge in [-0.2, -0.15) is 4.98 Å². The Morgan fingerprint density at radius 3 is 2.54 bits per heavy atom. The molecule has 8 heteroatoms. The third-order valence-corrected chi connectivity index (χ3v) is 5.32. The number of nitrogens with zero attached hydrogens (tertiary/aromatic N) is 5. The van der Waals surface area contributed by atoms with Crippen LogP contribution in [0.1, 0.15) is 43.4 Å². The highest BCUT2D eigenvalue weighted by atomic mass is 16.5. The fraction of sp³-hybridized carbons (Fsp3) is 0.750. The third-order valence-electron chi connectivity index (χ3n) is 5.32. The zero-order chi connectivity index (χ0) is 16.8. The maximum atomic E-state index is 12.7. The minimum absolute atomic E-state index is 0.0359. The molecule has 1 aromatic heterocycles. The Balaban J connectivity index is 1.40. The van der Waals surface area contributed by atoms with Gasteiger partial charge in [0, 0.05) is 45.6 Å². The molecule has 2 saturated heterocycles. The molecular weight excluding hydrogens is 310 g/mol. The van der Waals surface area contributed by atoms with Crippen molar-refractivity contribution in [2.24, 2.45) is 5.92 Å². The number of likely N-dealkylation sites (N-methyl/N-ethyl adjacent to an activating group) is 1. The first-order chi connectivity index (χ1) is 11.5. The lowest BCUT2D eigenvalue weighted by molar-refractivity contribution is -0.149. The van der Waals surface area contributed by atoms with Crippen molar-refractivity contribution in [2.45, 2.75) is 31.7 Å². The lowest BCUT2D eigenvalue weighted by Gasteiger charge is -2.43. The van der Waals surface area contributed by atoms with Gasteiger partial charge in [-0.05, 0) is 19.9 Å². The summed E-state index contributed by atoms with van der Waals surface area (Å²) in [6.07, 6.45) is 2.27. The molecule has 0 unspecified atom stereocenters. The summed E-state index contributed by atoms with van der Waals surface area (Å²) in [6.45, 7) is 4.67. The summed E-state index contributed by atoms with van der Waals surface area (Å²) in [5, 5.41) is 4.09. The Kier molecular flexibility index (Phi) is 3.79. The van der Waals surface area contributed by atoms with Gasteiger partial charge >= 0.3 is 0 Å². The van der Waals surface area contributed by atoms with Crippen LogP contribution >= 0.6 is 0 Å². The lowest BCUT2D eigenvalue weighted by Crippen LogP contribution is -2.58. The van der Waals surface area contributed by atoms with E-state index in [1.54, 1.807) is 11.8 Å². The normalized spacial score (nSPS) is 25.7. The van der Waals surface area contributed by atoms with Gasteiger partial charge in [-0.3, -0.25) is 14.5 Å². The Hall–Kier alpha value is -1.96. The fourth-order valence-corrected chi connectivity index (χ4v) is 3.38. The molecule has 1 aliphatic carbocycles. The molecule has 1 saturated carbocycles. The van der Waals surface area contributed by atoms with Crippen molar-refractivity contribution in [1.82, 2.24) is 24.8 Å². The second-order valence-corrected chi connectivity index (χ2v) is 7.17. The molecule has 3 fully saturated rings. The highest BCUT2D eigenvalue weighted by Gasteiger charge is 2.40. The molecule has 2 amide bonds. The highest BCUT2D eigenvalue weighted by Crippen LogP contribution is 2.39. The van der Waals surface area contributed by atoms with Crippen LogP contribution < -0.4 is 0 Å². The Morgan fingerprint density at radius 2 is 1.88 bits per heavy atom. The van der Waals surface area contributed by atoms with Crippen molar-refractivity contribution < 1.29 is 14.1 Å². The number of hydrogen-bond donors (Lipinski definition) is 0. The van der Waals surface area contributed by atoms with Crippen LogP contribution in [0.3, 0.4) is 0 Å². The number of likely N-dealkylation sites (tertiary alicyclic amines) is 1. The summed E-state index contributed by atoms with van der Waals surface area (Å²) in [6, 6.07) is -0.0494. The van der Waals surface area contributed by atoms with Gasteiger partial charge in [-0.1, -0.05) is 5.16 Å². The van der Waals surface area contributed by atoms with Gasteiger partial charge in [0.15, 0.2) is 5.82 Å². The zero-order valence-corrected chi connectivity index (χ0v) is 14.1. The van der Waals surface area contributed by atoms with Crippen molar-refractivity contribution in [1.29, 1.82) is 0 Å². The average Bonchev–Trinajstić information content (AvgIpc) is 3.24. The van der Waals surface area contributed by atoms with Crippen LogP contribution in [0.25, 0.3) is 0 Å². The molecule has 0 N–H and O–H groups in total. The monoisotopic (exact) mass is 333 g/mol. The zero-order valence-electron chi connectivity index (χ0n) is 14.1. The number of rotatable bonds is 3. The van der Waals surface area contributed by atoms with E-state index in [9.17, 15) is 9.59 Å². The first kappa shape index (κ1) is 15.6. The maximum absolute atomic E-state index is 12.7. The summed E-state index contributed by atoms with van der Waals surface area (Å²) in [5.74, 6) is 1.97. The van der Waals surface area contributed by atoms with Gasteiger partial charge in [-0.25, -0.2) is 0 Å².